The Morgan fingerprint density at radius 2 is 2.05 bits per heavy atom. The quantitative estimate of drug-likeness (QED) is 0.630. The second kappa shape index (κ2) is 6.92. The van der Waals surface area contributed by atoms with Gasteiger partial charge in [-0.1, -0.05) is 39.0 Å². The normalized spacial score (nSPS) is 11.4. The first-order chi connectivity index (χ1) is 9.20. The lowest BCUT2D eigenvalue weighted by Crippen LogP contribution is -2.15. The summed E-state index contributed by atoms with van der Waals surface area (Å²) in [6.45, 7) is 8.57. The number of benzene rings is 1. The molecule has 1 aromatic heterocycles. The van der Waals surface area contributed by atoms with Crippen LogP contribution in [0.2, 0.25) is 0 Å². The van der Waals surface area contributed by atoms with Gasteiger partial charge in [-0.3, -0.25) is 0 Å². The zero-order valence-electron chi connectivity index (χ0n) is 11.9. The van der Waals surface area contributed by atoms with Gasteiger partial charge in [0.2, 0.25) is 0 Å². The lowest BCUT2D eigenvalue weighted by Gasteiger charge is -2.12. The van der Waals surface area contributed by atoms with Crippen molar-refractivity contribution in [1.82, 2.24) is 10.3 Å². The van der Waals surface area contributed by atoms with Gasteiger partial charge in [-0.25, -0.2) is 4.98 Å². The number of nitrogens with one attached hydrogen (secondary N) is 1. The molecular weight excluding hydrogens is 252 g/mol. The van der Waals surface area contributed by atoms with E-state index in [2.05, 4.69) is 50.4 Å². The summed E-state index contributed by atoms with van der Waals surface area (Å²) in [7, 11) is 0. The Morgan fingerprint density at radius 1 is 1.26 bits per heavy atom. The molecule has 1 aromatic carbocycles. The van der Waals surface area contributed by atoms with Crippen LogP contribution in [0.5, 0.6) is 0 Å². The second-order valence-corrected chi connectivity index (χ2v) is 6.55. The number of nitrogens with zero attached hydrogens (tertiary/aromatic N) is 1. The van der Waals surface area contributed by atoms with Gasteiger partial charge in [-0.05, 0) is 30.7 Å². The number of hydrogen-bond donors (Lipinski definition) is 1. The Bertz CT molecular complexity index is 537. The molecule has 1 N–H and O–H groups in total. The molecule has 0 atom stereocenters. The predicted molar refractivity (Wildman–Crippen MR) is 84.7 cm³/mol. The van der Waals surface area contributed by atoms with Crippen LogP contribution < -0.4 is 5.32 Å². The van der Waals surface area contributed by atoms with Gasteiger partial charge in [-0.15, -0.1) is 11.8 Å². The summed E-state index contributed by atoms with van der Waals surface area (Å²) < 4.78 is 0. The third-order valence-electron chi connectivity index (χ3n) is 2.85. The van der Waals surface area contributed by atoms with Crippen LogP contribution in [0.3, 0.4) is 0 Å². The Balaban J connectivity index is 2.33. The monoisotopic (exact) mass is 274 g/mol. The number of rotatable bonds is 6. The fourth-order valence-corrected chi connectivity index (χ4v) is 2.87. The minimum Gasteiger partial charge on any atom is -0.313 e. The van der Waals surface area contributed by atoms with Gasteiger partial charge >= 0.3 is 0 Å². The maximum atomic E-state index is 4.82. The molecule has 19 heavy (non-hydrogen) atoms. The van der Waals surface area contributed by atoms with Gasteiger partial charge < -0.3 is 5.32 Å². The topological polar surface area (TPSA) is 24.9 Å². The van der Waals surface area contributed by atoms with Crippen LogP contribution in [0.4, 0.5) is 0 Å². The van der Waals surface area contributed by atoms with Gasteiger partial charge in [0, 0.05) is 17.2 Å². The molecule has 2 aromatic rings. The number of para-hydroxylation sites is 1. The third kappa shape index (κ3) is 3.95. The summed E-state index contributed by atoms with van der Waals surface area (Å²) in [6, 6.07) is 10.6. The summed E-state index contributed by atoms with van der Waals surface area (Å²) in [5.41, 5.74) is 2.40. The van der Waals surface area contributed by atoms with Crippen molar-refractivity contribution in [1.29, 1.82) is 0 Å². The van der Waals surface area contributed by atoms with Crippen LogP contribution in [0.1, 0.15) is 32.8 Å². The lowest BCUT2D eigenvalue weighted by molar-refractivity contribution is 0.666. The molecule has 0 aliphatic heterocycles. The smallest absolute Gasteiger partial charge is 0.101 e. The van der Waals surface area contributed by atoms with E-state index in [4.69, 9.17) is 4.98 Å². The Labute approximate surface area is 120 Å². The first kappa shape index (κ1) is 14.4. The van der Waals surface area contributed by atoms with E-state index in [0.29, 0.717) is 5.25 Å². The van der Waals surface area contributed by atoms with Gasteiger partial charge in [0.1, 0.15) is 5.03 Å². The highest BCUT2D eigenvalue weighted by atomic mass is 32.2. The fraction of sp³-hybridized carbons (Fsp3) is 0.438. The van der Waals surface area contributed by atoms with E-state index in [-0.39, 0.29) is 0 Å². The largest absolute Gasteiger partial charge is 0.313 e. The lowest BCUT2D eigenvalue weighted by atomic mass is 10.1. The van der Waals surface area contributed by atoms with Crippen LogP contribution in [0.25, 0.3) is 10.9 Å². The van der Waals surface area contributed by atoms with E-state index in [1.165, 1.54) is 10.9 Å². The minimum atomic E-state index is 0.554. The zero-order chi connectivity index (χ0) is 13.7. The minimum absolute atomic E-state index is 0.554. The first-order valence-corrected chi connectivity index (χ1v) is 7.84. The molecule has 102 valence electrons. The van der Waals surface area contributed by atoms with E-state index < -0.39 is 0 Å². The maximum absolute atomic E-state index is 4.82. The van der Waals surface area contributed by atoms with E-state index in [9.17, 15) is 0 Å². The van der Waals surface area contributed by atoms with Crippen LogP contribution >= 0.6 is 11.8 Å². The molecule has 2 nitrogen and oxygen atoms in total. The molecule has 0 saturated carbocycles. The molecule has 0 aliphatic rings. The van der Waals surface area contributed by atoms with E-state index in [1.807, 2.05) is 17.8 Å². The van der Waals surface area contributed by atoms with Crippen molar-refractivity contribution in [3.05, 3.63) is 35.9 Å². The van der Waals surface area contributed by atoms with Crippen molar-refractivity contribution in [3.8, 4) is 0 Å². The van der Waals surface area contributed by atoms with Crippen LogP contribution in [-0.2, 0) is 6.54 Å². The maximum Gasteiger partial charge on any atom is 0.101 e. The van der Waals surface area contributed by atoms with E-state index in [1.54, 1.807) is 0 Å². The van der Waals surface area contributed by atoms with Crippen molar-refractivity contribution in [2.75, 3.05) is 6.54 Å². The fourth-order valence-electron chi connectivity index (χ4n) is 1.99. The molecular formula is C16H22N2S. The Hall–Kier alpha value is -1.06. The summed E-state index contributed by atoms with van der Waals surface area (Å²) in [5, 5.41) is 6.42. The van der Waals surface area contributed by atoms with Crippen LogP contribution in [-0.4, -0.2) is 16.8 Å². The zero-order valence-corrected chi connectivity index (χ0v) is 12.8. The van der Waals surface area contributed by atoms with Gasteiger partial charge in [0.25, 0.3) is 0 Å². The Morgan fingerprint density at radius 3 is 2.79 bits per heavy atom. The Kier molecular flexibility index (Phi) is 5.23. The van der Waals surface area contributed by atoms with Crippen molar-refractivity contribution < 1.29 is 0 Å². The van der Waals surface area contributed by atoms with Gasteiger partial charge in [0.15, 0.2) is 0 Å². The summed E-state index contributed by atoms with van der Waals surface area (Å²) in [6.07, 6.45) is 1.16. The standard InChI is InChI=1S/C16H22N2S/c1-4-9-17-11-14-10-13-7-5-6-8-15(13)18-16(14)19-12(2)3/h5-8,10,12,17H,4,9,11H2,1-3H3. The number of thioether (sulfide) groups is 1. The molecule has 0 saturated heterocycles. The molecule has 2 rings (SSSR count). The average molecular weight is 274 g/mol. The number of aromatic nitrogens is 1. The molecule has 1 heterocycles. The highest BCUT2D eigenvalue weighted by Crippen LogP contribution is 2.27. The van der Waals surface area contributed by atoms with E-state index in [0.717, 1.165) is 30.1 Å². The third-order valence-corrected chi connectivity index (χ3v) is 3.90. The number of fused-ring (bicyclic) bond motifs is 1. The van der Waals surface area contributed by atoms with Gasteiger partial charge in [0.05, 0.1) is 5.52 Å². The molecule has 0 radical (unpaired) electrons. The number of pyridine rings is 1. The van der Waals surface area contributed by atoms with Gasteiger partial charge in [-0.2, -0.15) is 0 Å². The molecule has 0 bridgehead atoms. The van der Waals surface area contributed by atoms with Crippen molar-refractivity contribution in [2.45, 2.75) is 44.0 Å². The van der Waals surface area contributed by atoms with E-state index >= 15 is 0 Å². The van der Waals surface area contributed by atoms with Crippen LogP contribution in [0, 0.1) is 0 Å². The summed E-state index contributed by atoms with van der Waals surface area (Å²) >= 11 is 1.85. The molecule has 0 fully saturated rings. The molecule has 0 unspecified atom stereocenters. The summed E-state index contributed by atoms with van der Waals surface area (Å²) in [4.78, 5) is 4.82. The van der Waals surface area contributed by atoms with Crippen molar-refractivity contribution >= 4 is 22.7 Å². The number of hydrogen-bond acceptors (Lipinski definition) is 3. The molecule has 3 heteroatoms. The predicted octanol–water partition coefficient (Wildman–Crippen LogP) is 4.23. The second-order valence-electron chi connectivity index (χ2n) is 4.99. The highest BCUT2D eigenvalue weighted by Gasteiger charge is 2.09. The molecule has 0 amide bonds. The van der Waals surface area contributed by atoms with Crippen molar-refractivity contribution in [2.24, 2.45) is 0 Å². The first-order valence-electron chi connectivity index (χ1n) is 6.96. The molecule has 0 spiro atoms. The van der Waals surface area contributed by atoms with Crippen molar-refractivity contribution in [3.63, 3.8) is 0 Å². The summed E-state index contributed by atoms with van der Waals surface area (Å²) in [5.74, 6) is 0. The average Bonchev–Trinajstić information content (AvgIpc) is 2.39. The SMILES string of the molecule is CCCNCc1cc2ccccc2nc1SC(C)C. The molecule has 0 aliphatic carbocycles. The highest BCUT2D eigenvalue weighted by molar-refractivity contribution is 7.99. The van der Waals surface area contributed by atoms with Crippen LogP contribution in [0.15, 0.2) is 35.4 Å².